The van der Waals surface area contributed by atoms with Crippen LogP contribution in [0.4, 0.5) is 11.5 Å². The van der Waals surface area contributed by atoms with E-state index in [0.29, 0.717) is 21.6 Å². The van der Waals surface area contributed by atoms with E-state index < -0.39 is 17.4 Å². The maximum absolute atomic E-state index is 12.6. The van der Waals surface area contributed by atoms with E-state index in [1.807, 2.05) is 0 Å². The van der Waals surface area contributed by atoms with Gasteiger partial charge in [-0.25, -0.2) is 4.98 Å². The molecule has 1 atom stereocenters. The second kappa shape index (κ2) is 7.76. The number of benzene rings is 1. The van der Waals surface area contributed by atoms with Gasteiger partial charge in [0.2, 0.25) is 11.8 Å². The zero-order valence-electron chi connectivity index (χ0n) is 13.5. The molecule has 3 N–H and O–H groups in total. The van der Waals surface area contributed by atoms with Gasteiger partial charge in [-0.05, 0) is 24.3 Å². The van der Waals surface area contributed by atoms with Crippen molar-refractivity contribution >= 4 is 46.7 Å². The third kappa shape index (κ3) is 3.97. The minimum absolute atomic E-state index is 0.118. The van der Waals surface area contributed by atoms with Crippen LogP contribution in [-0.2, 0) is 9.59 Å². The first kappa shape index (κ1) is 18.2. The number of amides is 2. The van der Waals surface area contributed by atoms with E-state index in [-0.39, 0.29) is 23.7 Å². The lowest BCUT2D eigenvalue weighted by Gasteiger charge is -2.23. The molecule has 9 heteroatoms. The molecule has 0 bridgehead atoms. The molecule has 1 aromatic carbocycles. The Morgan fingerprint density at radius 1 is 1.38 bits per heavy atom. The van der Waals surface area contributed by atoms with Gasteiger partial charge < -0.3 is 15.6 Å². The molecule has 0 radical (unpaired) electrons. The molecular weight excluding hydrogens is 376 g/mol. The number of rotatable bonds is 5. The van der Waals surface area contributed by atoms with E-state index in [0.717, 1.165) is 0 Å². The number of aromatic amines is 1. The van der Waals surface area contributed by atoms with Crippen LogP contribution in [0.2, 0.25) is 5.02 Å². The maximum Gasteiger partial charge on any atom is 0.257 e. The number of carbonyl (C=O) groups excluding carboxylic acids is 2. The molecule has 0 spiro atoms. The Hall–Kier alpha value is -2.58. The molecule has 0 saturated carbocycles. The standard InChI is InChI=1S/C17H15ClN4O3S/c1-2-7-26-17-21-14-13(16(25)22-17)11(8-12(23)20-14)15(24)19-10-5-3-9(18)4-6-10/h2-6,11H,1,7-8H2,(H,19,24)(H2,20,21,22,23,25)/t11-/m1/s1. The molecule has 0 saturated heterocycles. The highest BCUT2D eigenvalue weighted by Gasteiger charge is 2.34. The first-order chi connectivity index (χ1) is 12.5. The normalized spacial score (nSPS) is 15.7. The van der Waals surface area contributed by atoms with E-state index >= 15 is 0 Å². The second-order valence-corrected chi connectivity index (χ2v) is 6.98. The lowest BCUT2D eigenvalue weighted by molar-refractivity contribution is -0.123. The van der Waals surface area contributed by atoms with Gasteiger partial charge in [0.25, 0.3) is 5.56 Å². The maximum atomic E-state index is 12.6. The molecule has 0 unspecified atom stereocenters. The highest BCUT2D eigenvalue weighted by Crippen LogP contribution is 2.30. The number of nitrogens with zero attached hydrogens (tertiary/aromatic N) is 1. The summed E-state index contributed by atoms with van der Waals surface area (Å²) in [5.41, 5.74) is 0.228. The zero-order valence-corrected chi connectivity index (χ0v) is 15.1. The summed E-state index contributed by atoms with van der Waals surface area (Å²) in [5, 5.41) is 6.16. The molecule has 1 aliphatic heterocycles. The SMILES string of the molecule is C=CCSc1nc2c(c(=O)[nH]1)[C@H](C(=O)Nc1ccc(Cl)cc1)CC(=O)N2. The van der Waals surface area contributed by atoms with Gasteiger partial charge in [-0.3, -0.25) is 14.4 Å². The van der Waals surface area contributed by atoms with Crippen LogP contribution in [0.5, 0.6) is 0 Å². The highest BCUT2D eigenvalue weighted by atomic mass is 35.5. The molecule has 3 rings (SSSR count). The Morgan fingerprint density at radius 2 is 2.12 bits per heavy atom. The van der Waals surface area contributed by atoms with Gasteiger partial charge in [0.15, 0.2) is 5.16 Å². The smallest absolute Gasteiger partial charge is 0.257 e. The van der Waals surface area contributed by atoms with E-state index in [1.54, 1.807) is 30.3 Å². The molecule has 2 heterocycles. The Morgan fingerprint density at radius 3 is 2.81 bits per heavy atom. The fourth-order valence-electron chi connectivity index (χ4n) is 2.54. The summed E-state index contributed by atoms with van der Waals surface area (Å²) in [5.74, 6) is -1.08. The van der Waals surface area contributed by atoms with Crippen molar-refractivity contribution in [1.29, 1.82) is 0 Å². The van der Waals surface area contributed by atoms with Crippen LogP contribution >= 0.6 is 23.4 Å². The van der Waals surface area contributed by atoms with Crippen LogP contribution < -0.4 is 16.2 Å². The number of nitrogens with one attached hydrogen (secondary N) is 3. The van der Waals surface area contributed by atoms with Gasteiger partial charge in [-0.2, -0.15) is 0 Å². The average molecular weight is 391 g/mol. The molecule has 2 aromatic rings. The summed E-state index contributed by atoms with van der Waals surface area (Å²) in [6, 6.07) is 6.55. The third-order valence-corrected chi connectivity index (χ3v) is 4.82. The van der Waals surface area contributed by atoms with Crippen LogP contribution in [0, 0.1) is 0 Å². The van der Waals surface area contributed by atoms with Crippen LogP contribution in [0.3, 0.4) is 0 Å². The predicted molar refractivity (Wildman–Crippen MR) is 102 cm³/mol. The fraction of sp³-hybridized carbons (Fsp3) is 0.176. The van der Waals surface area contributed by atoms with Gasteiger partial charge >= 0.3 is 0 Å². The summed E-state index contributed by atoms with van der Waals surface area (Å²) in [6.45, 7) is 3.61. The summed E-state index contributed by atoms with van der Waals surface area (Å²) >= 11 is 7.10. The van der Waals surface area contributed by atoms with Gasteiger partial charge in [0.1, 0.15) is 5.82 Å². The number of anilines is 2. The second-order valence-electron chi connectivity index (χ2n) is 5.53. The lowest BCUT2D eigenvalue weighted by atomic mass is 9.92. The predicted octanol–water partition coefficient (Wildman–Crippen LogP) is 2.77. The fourth-order valence-corrected chi connectivity index (χ4v) is 3.27. The van der Waals surface area contributed by atoms with Crippen molar-refractivity contribution in [3.63, 3.8) is 0 Å². The molecule has 26 heavy (non-hydrogen) atoms. The van der Waals surface area contributed by atoms with Gasteiger partial charge in [-0.15, -0.1) is 6.58 Å². The Balaban J connectivity index is 1.91. The number of hydrogen-bond acceptors (Lipinski definition) is 5. The molecule has 1 aromatic heterocycles. The van der Waals surface area contributed by atoms with Crippen molar-refractivity contribution in [2.75, 3.05) is 16.4 Å². The monoisotopic (exact) mass is 390 g/mol. The molecule has 0 fully saturated rings. The summed E-state index contributed by atoms with van der Waals surface area (Å²) in [6.07, 6.45) is 1.54. The van der Waals surface area contributed by atoms with Crippen molar-refractivity contribution in [3.05, 3.63) is 57.9 Å². The van der Waals surface area contributed by atoms with E-state index in [4.69, 9.17) is 11.6 Å². The summed E-state index contributed by atoms with van der Waals surface area (Å²) in [7, 11) is 0. The lowest BCUT2D eigenvalue weighted by Crippen LogP contribution is -2.36. The zero-order chi connectivity index (χ0) is 18.7. The van der Waals surface area contributed by atoms with E-state index in [9.17, 15) is 14.4 Å². The third-order valence-electron chi connectivity index (χ3n) is 3.70. The van der Waals surface area contributed by atoms with Gasteiger partial charge in [-0.1, -0.05) is 29.4 Å². The number of carbonyl (C=O) groups is 2. The number of thioether (sulfide) groups is 1. The molecule has 7 nitrogen and oxygen atoms in total. The van der Waals surface area contributed by atoms with Crippen LogP contribution in [0.15, 0.2) is 46.9 Å². The van der Waals surface area contributed by atoms with Crippen LogP contribution in [-0.4, -0.2) is 27.5 Å². The first-order valence-electron chi connectivity index (χ1n) is 7.72. The molecule has 1 aliphatic rings. The van der Waals surface area contributed by atoms with Crippen LogP contribution in [0.25, 0.3) is 0 Å². The van der Waals surface area contributed by atoms with Crippen molar-refractivity contribution in [2.24, 2.45) is 0 Å². The Kier molecular flexibility index (Phi) is 5.43. The number of H-pyrrole nitrogens is 1. The molecule has 134 valence electrons. The number of hydrogen-bond donors (Lipinski definition) is 3. The first-order valence-corrected chi connectivity index (χ1v) is 9.08. The van der Waals surface area contributed by atoms with Crippen molar-refractivity contribution in [1.82, 2.24) is 9.97 Å². The van der Waals surface area contributed by atoms with Crippen molar-refractivity contribution in [3.8, 4) is 0 Å². The quantitative estimate of drug-likeness (QED) is 0.413. The van der Waals surface area contributed by atoms with Crippen molar-refractivity contribution < 1.29 is 9.59 Å². The van der Waals surface area contributed by atoms with E-state index in [1.165, 1.54) is 11.8 Å². The minimum atomic E-state index is -0.927. The minimum Gasteiger partial charge on any atom is -0.326 e. The van der Waals surface area contributed by atoms with Crippen molar-refractivity contribution in [2.45, 2.75) is 17.5 Å². The van der Waals surface area contributed by atoms with Gasteiger partial charge in [0, 0.05) is 22.9 Å². The van der Waals surface area contributed by atoms with Gasteiger partial charge in [0.05, 0.1) is 11.5 Å². The largest absolute Gasteiger partial charge is 0.326 e. The molecule has 0 aliphatic carbocycles. The number of halogens is 1. The topological polar surface area (TPSA) is 104 Å². The molecule has 2 amide bonds. The number of fused-ring (bicyclic) bond motifs is 1. The highest BCUT2D eigenvalue weighted by molar-refractivity contribution is 7.99. The summed E-state index contributed by atoms with van der Waals surface area (Å²) in [4.78, 5) is 44.0. The molecular formula is C17H15ClN4O3S. The average Bonchev–Trinajstić information content (AvgIpc) is 2.60. The van der Waals surface area contributed by atoms with E-state index in [2.05, 4.69) is 27.2 Å². The summed E-state index contributed by atoms with van der Waals surface area (Å²) < 4.78 is 0. The van der Waals surface area contributed by atoms with Crippen LogP contribution in [0.1, 0.15) is 17.9 Å². The Labute approximate surface area is 158 Å². The Bertz CT molecular complexity index is 927. The number of aromatic nitrogens is 2.